The molecule has 38 heavy (non-hydrogen) atoms. The Kier molecular flexibility index (Phi) is 6.23. The van der Waals surface area contributed by atoms with Crippen molar-refractivity contribution in [3.63, 3.8) is 0 Å². The van der Waals surface area contributed by atoms with Crippen molar-refractivity contribution in [1.29, 1.82) is 0 Å². The summed E-state index contributed by atoms with van der Waals surface area (Å²) in [5.41, 5.74) is 1.42. The second-order valence-electron chi connectivity index (χ2n) is 8.82. The van der Waals surface area contributed by atoms with Gasteiger partial charge < -0.3 is 4.74 Å². The van der Waals surface area contributed by atoms with Crippen LogP contribution in [0.3, 0.4) is 0 Å². The van der Waals surface area contributed by atoms with Gasteiger partial charge in [-0.05, 0) is 61.9 Å². The Balaban J connectivity index is 1.41. The molecule has 0 N–H and O–H groups in total. The van der Waals surface area contributed by atoms with Gasteiger partial charge in [0, 0.05) is 37.0 Å². The van der Waals surface area contributed by atoms with E-state index in [0.29, 0.717) is 28.0 Å². The first-order valence-corrected chi connectivity index (χ1v) is 11.7. The number of fused-ring (bicyclic) bond motifs is 1. The van der Waals surface area contributed by atoms with Crippen LogP contribution in [0.1, 0.15) is 38.9 Å². The molecule has 0 unspecified atom stereocenters. The molecule has 0 atom stereocenters. The molecule has 0 saturated carbocycles. The van der Waals surface area contributed by atoms with Crippen LogP contribution in [0.25, 0.3) is 11.2 Å². The van der Waals surface area contributed by atoms with E-state index in [4.69, 9.17) is 4.74 Å². The highest BCUT2D eigenvalue weighted by Crippen LogP contribution is 2.31. The number of rotatable bonds is 7. The minimum Gasteiger partial charge on any atom is -0.452 e. The van der Waals surface area contributed by atoms with E-state index >= 15 is 4.39 Å². The van der Waals surface area contributed by atoms with Crippen LogP contribution in [0.2, 0.25) is 0 Å². The molecule has 5 aromatic rings. The lowest BCUT2D eigenvalue weighted by atomic mass is 10.0. The van der Waals surface area contributed by atoms with Crippen molar-refractivity contribution in [1.82, 2.24) is 19.0 Å². The predicted octanol–water partition coefficient (Wildman–Crippen LogP) is 4.83. The maximum absolute atomic E-state index is 15.0. The zero-order chi connectivity index (χ0) is 27.1. The molecule has 3 aromatic heterocycles. The second-order valence-corrected chi connectivity index (χ2v) is 8.82. The van der Waals surface area contributed by atoms with Crippen molar-refractivity contribution < 1.29 is 23.1 Å². The van der Waals surface area contributed by atoms with Gasteiger partial charge in [-0.15, -0.1) is 0 Å². The number of aromatic nitrogens is 4. The molecule has 0 aliphatic heterocycles. The Bertz CT molecular complexity index is 1780. The van der Waals surface area contributed by atoms with Crippen LogP contribution in [-0.2, 0) is 13.5 Å². The first kappa shape index (κ1) is 24.8. The summed E-state index contributed by atoms with van der Waals surface area (Å²) in [5, 5.41) is 4.14. The molecule has 0 aliphatic carbocycles. The number of carbonyl (C=O) groups excluding carboxylic acids is 2. The van der Waals surface area contributed by atoms with Crippen LogP contribution in [0.5, 0.6) is 11.5 Å². The average Bonchev–Trinajstić information content (AvgIpc) is 3.41. The third kappa shape index (κ3) is 4.30. The third-order valence-electron chi connectivity index (χ3n) is 6.38. The highest BCUT2D eigenvalue weighted by atomic mass is 19.1. The molecule has 0 fully saturated rings. The highest BCUT2D eigenvalue weighted by molar-refractivity contribution is 6.02. The van der Waals surface area contributed by atoms with Crippen molar-refractivity contribution >= 4 is 17.1 Å². The fourth-order valence-electron chi connectivity index (χ4n) is 4.41. The summed E-state index contributed by atoms with van der Waals surface area (Å²) in [7, 11) is 1.63. The lowest BCUT2D eigenvalue weighted by molar-refractivity contribution is 0.0988. The van der Waals surface area contributed by atoms with Crippen molar-refractivity contribution in [2.45, 2.75) is 20.3 Å². The van der Waals surface area contributed by atoms with Crippen molar-refractivity contribution in [3.8, 4) is 17.2 Å². The highest BCUT2D eigenvalue weighted by Gasteiger charge is 2.23. The molecule has 0 saturated heterocycles. The van der Waals surface area contributed by atoms with Gasteiger partial charge in [0.25, 0.3) is 5.56 Å². The maximum atomic E-state index is 15.0. The molecular formula is C28H22F2N4O4. The minimum absolute atomic E-state index is 0.0262. The Morgan fingerprint density at radius 1 is 1.00 bits per heavy atom. The number of hydrogen-bond acceptors (Lipinski definition) is 5. The number of ketones is 2. The van der Waals surface area contributed by atoms with E-state index in [1.165, 1.54) is 75.5 Å². The van der Waals surface area contributed by atoms with E-state index < -0.39 is 23.0 Å². The van der Waals surface area contributed by atoms with Crippen LogP contribution < -0.4 is 10.3 Å². The van der Waals surface area contributed by atoms with Crippen LogP contribution in [0, 0.1) is 18.6 Å². The summed E-state index contributed by atoms with van der Waals surface area (Å²) < 4.78 is 38.4. The molecule has 3 heterocycles. The van der Waals surface area contributed by atoms with Gasteiger partial charge in [-0.2, -0.15) is 5.10 Å². The number of benzene rings is 2. The van der Waals surface area contributed by atoms with Crippen LogP contribution in [-0.4, -0.2) is 30.5 Å². The van der Waals surface area contributed by atoms with Gasteiger partial charge >= 0.3 is 0 Å². The molecule has 0 amide bonds. The van der Waals surface area contributed by atoms with Crippen molar-refractivity contribution in [2.24, 2.45) is 7.05 Å². The summed E-state index contributed by atoms with van der Waals surface area (Å²) in [6, 6.07) is 12.6. The van der Waals surface area contributed by atoms with Crippen LogP contribution in [0.4, 0.5) is 8.78 Å². The summed E-state index contributed by atoms with van der Waals surface area (Å²) in [5.74, 6) is -1.67. The molecule has 0 aliphatic rings. The zero-order valence-corrected chi connectivity index (χ0v) is 20.7. The van der Waals surface area contributed by atoms with Crippen molar-refractivity contribution in [3.05, 3.63) is 111 Å². The largest absolute Gasteiger partial charge is 0.452 e. The first-order chi connectivity index (χ1) is 18.2. The Labute approximate surface area is 215 Å². The van der Waals surface area contributed by atoms with Crippen LogP contribution >= 0.6 is 0 Å². The number of halogens is 2. The fourth-order valence-corrected chi connectivity index (χ4v) is 4.41. The molecule has 8 nitrogen and oxygen atoms in total. The number of carbonyl (C=O) groups is 2. The number of Topliss-reactive ketones (excluding diaryl/α,β-unsaturated/α-hetero) is 2. The number of hydrogen-bond donors (Lipinski definition) is 0. The van der Waals surface area contributed by atoms with Gasteiger partial charge in [-0.1, -0.05) is 6.07 Å². The quantitative estimate of drug-likeness (QED) is 0.289. The molecule has 0 radical (unpaired) electrons. The van der Waals surface area contributed by atoms with E-state index in [-0.39, 0.29) is 29.3 Å². The lowest BCUT2D eigenvalue weighted by Crippen LogP contribution is -2.23. The number of ether oxygens (including phenoxy) is 1. The SMILES string of the molecule is CC(=O)c1ccn2nccc(Oc3ccc(CC(=O)c4c(C)n(C)n(-c5ccc(F)cc5)c4=O)cc3F)c12. The number of nitrogens with zero attached hydrogens (tertiary/aromatic N) is 4. The first-order valence-electron chi connectivity index (χ1n) is 11.7. The molecule has 0 bridgehead atoms. The minimum atomic E-state index is -0.713. The smallest absolute Gasteiger partial charge is 0.282 e. The van der Waals surface area contributed by atoms with Gasteiger partial charge in [0.1, 0.15) is 16.9 Å². The van der Waals surface area contributed by atoms with E-state index in [9.17, 15) is 18.8 Å². The standard InChI is InChI=1S/C28H22F2N4O4/c1-16-26(28(37)34(32(16)3)20-7-5-19(29)6-8-20)23(36)15-18-4-9-24(22(30)14-18)38-25-10-12-31-33-13-11-21(17(2)35)27(25)33/h4-14H,15H2,1-3H3. The zero-order valence-electron chi connectivity index (χ0n) is 20.7. The Hall–Kier alpha value is -4.86. The molecule has 10 heteroatoms. The third-order valence-corrected chi connectivity index (χ3v) is 6.38. The summed E-state index contributed by atoms with van der Waals surface area (Å²) in [6.45, 7) is 3.06. The van der Waals surface area contributed by atoms with Gasteiger partial charge in [-0.3, -0.25) is 19.1 Å². The Morgan fingerprint density at radius 2 is 1.74 bits per heavy atom. The molecule has 0 spiro atoms. The second kappa shape index (κ2) is 9.55. The van der Waals surface area contributed by atoms with Gasteiger partial charge in [-0.25, -0.2) is 18.0 Å². The van der Waals surface area contributed by atoms with E-state index in [2.05, 4.69) is 5.10 Å². The van der Waals surface area contributed by atoms with E-state index in [1.54, 1.807) is 26.2 Å². The van der Waals surface area contributed by atoms with E-state index in [1.807, 2.05) is 0 Å². The van der Waals surface area contributed by atoms with Gasteiger partial charge in [0.05, 0.1) is 11.9 Å². The molecule has 192 valence electrons. The summed E-state index contributed by atoms with van der Waals surface area (Å²) in [4.78, 5) is 38.2. The molecule has 5 rings (SSSR count). The molecule has 2 aromatic carbocycles. The van der Waals surface area contributed by atoms with Gasteiger partial charge in [0.2, 0.25) is 0 Å². The predicted molar refractivity (Wildman–Crippen MR) is 135 cm³/mol. The molecular weight excluding hydrogens is 494 g/mol. The fraction of sp³-hybridized carbons (Fsp3) is 0.143. The van der Waals surface area contributed by atoms with Gasteiger partial charge in [0.15, 0.2) is 28.9 Å². The normalized spacial score (nSPS) is 11.2. The van der Waals surface area contributed by atoms with Crippen molar-refractivity contribution in [2.75, 3.05) is 0 Å². The maximum Gasteiger partial charge on any atom is 0.282 e. The Morgan fingerprint density at radius 3 is 2.42 bits per heavy atom. The average molecular weight is 517 g/mol. The van der Waals surface area contributed by atoms with Crippen LogP contribution in [0.15, 0.2) is 71.8 Å². The topological polar surface area (TPSA) is 87.6 Å². The lowest BCUT2D eigenvalue weighted by Gasteiger charge is -2.10. The summed E-state index contributed by atoms with van der Waals surface area (Å²) in [6.07, 6.45) is 2.87. The van der Waals surface area contributed by atoms with E-state index in [0.717, 1.165) is 0 Å². The summed E-state index contributed by atoms with van der Waals surface area (Å²) >= 11 is 0. The monoisotopic (exact) mass is 516 g/mol.